The van der Waals surface area contributed by atoms with Crippen LogP contribution in [0.3, 0.4) is 0 Å². The zero-order chi connectivity index (χ0) is 8.48. The number of halogens is 3. The summed E-state index contributed by atoms with van der Waals surface area (Å²) in [5, 5.41) is 8.75. The first-order valence-electron chi connectivity index (χ1n) is 3.11. The molecule has 61 valence electrons. The zero-order valence-corrected chi connectivity index (χ0v) is 5.55. The predicted molar refractivity (Wildman–Crippen MR) is 36.6 cm³/mol. The molecule has 0 saturated carbocycles. The lowest BCUT2D eigenvalue weighted by Gasteiger charge is -2.22. The van der Waals surface area contributed by atoms with Crippen LogP contribution in [0.4, 0.5) is 12.9 Å². The molecule has 0 aromatic heterocycles. The van der Waals surface area contributed by atoms with Crippen LogP contribution in [-0.4, -0.2) is 18.2 Å². The molecule has 0 unspecified atom stereocenters. The number of rotatable bonds is 1. The predicted octanol–water partition coefficient (Wildman–Crippen LogP) is 1.43. The highest BCUT2D eigenvalue weighted by molar-refractivity contribution is 6.66. The number of aliphatic hydroxyl groups is 1. The smallest absolute Gasteiger partial charge is 0.448 e. The molecule has 0 aromatic rings. The topological polar surface area (TPSA) is 20.2 Å². The van der Waals surface area contributed by atoms with Gasteiger partial charge in [-0.25, -0.2) is 0 Å². The molecule has 0 aliphatic heterocycles. The van der Waals surface area contributed by atoms with E-state index in [9.17, 15) is 12.9 Å². The van der Waals surface area contributed by atoms with Gasteiger partial charge in [0.25, 0.3) is 0 Å². The summed E-state index contributed by atoms with van der Waals surface area (Å²) < 4.78 is 35.7. The van der Waals surface area contributed by atoms with Gasteiger partial charge in [0.05, 0.1) is 6.10 Å². The second-order valence-corrected chi connectivity index (χ2v) is 2.28. The van der Waals surface area contributed by atoms with Gasteiger partial charge in [0.1, 0.15) is 0 Å². The van der Waals surface area contributed by atoms with E-state index in [0.717, 1.165) is 24.3 Å². The van der Waals surface area contributed by atoms with Gasteiger partial charge in [-0.2, -0.15) is 0 Å². The normalized spacial score (nSPS) is 21.1. The van der Waals surface area contributed by atoms with Crippen LogP contribution in [0.25, 0.3) is 0 Å². The minimum atomic E-state index is -4.92. The van der Waals surface area contributed by atoms with E-state index in [1.165, 1.54) is 0 Å². The molecule has 1 radical (unpaired) electrons. The Bertz CT molecular complexity index is 182. The van der Waals surface area contributed by atoms with Gasteiger partial charge < -0.3 is 18.1 Å². The van der Waals surface area contributed by atoms with Gasteiger partial charge in [0.2, 0.25) is 0 Å². The first-order chi connectivity index (χ1) is 5.00. The van der Waals surface area contributed by atoms with Gasteiger partial charge in [0.15, 0.2) is 0 Å². The van der Waals surface area contributed by atoms with Crippen LogP contribution < -0.4 is 0 Å². The van der Waals surface area contributed by atoms with Crippen molar-refractivity contribution in [3.8, 4) is 0 Å². The quantitative estimate of drug-likeness (QED) is 0.578. The second kappa shape index (κ2) is 2.73. The fourth-order valence-corrected chi connectivity index (χ4v) is 0.757. The molecule has 0 spiro atoms. The Morgan fingerprint density at radius 3 is 2.00 bits per heavy atom. The maximum absolute atomic E-state index is 11.9. The maximum Gasteiger partial charge on any atom is 0.490 e. The van der Waals surface area contributed by atoms with E-state index >= 15 is 0 Å². The molecule has 1 N–H and O–H groups in total. The van der Waals surface area contributed by atoms with E-state index in [2.05, 4.69) is 0 Å². The van der Waals surface area contributed by atoms with Crippen molar-refractivity contribution in [1.29, 1.82) is 0 Å². The van der Waals surface area contributed by atoms with Crippen molar-refractivity contribution in [2.24, 2.45) is 0 Å². The van der Waals surface area contributed by atoms with E-state index in [-0.39, 0.29) is 0 Å². The molecule has 0 amide bonds. The standard InChI is InChI=1S/C6H6BF3O/c8-7(9,10)5-1-3-6(11)4-2-5/h1-4,6,11H/q-1. The monoisotopic (exact) mass is 162 g/mol. The average molecular weight is 162 g/mol. The van der Waals surface area contributed by atoms with Crippen molar-refractivity contribution in [3.63, 3.8) is 0 Å². The van der Waals surface area contributed by atoms with E-state index in [1.54, 1.807) is 0 Å². The Balaban J connectivity index is 2.66. The fourth-order valence-electron chi connectivity index (χ4n) is 0.757. The second-order valence-electron chi connectivity index (χ2n) is 2.28. The molecule has 0 bridgehead atoms. The molecule has 0 aromatic carbocycles. The number of aliphatic hydroxyl groups excluding tert-OH is 1. The molecule has 0 saturated heterocycles. The molecule has 1 aliphatic carbocycles. The van der Waals surface area contributed by atoms with Gasteiger partial charge >= 0.3 is 6.98 Å². The third-order valence-corrected chi connectivity index (χ3v) is 1.35. The molecule has 11 heavy (non-hydrogen) atoms. The lowest BCUT2D eigenvalue weighted by Crippen LogP contribution is -2.26. The third kappa shape index (κ3) is 2.11. The lowest BCUT2D eigenvalue weighted by molar-refractivity contribution is 0.270. The molecule has 0 heterocycles. The van der Waals surface area contributed by atoms with E-state index < -0.39 is 18.9 Å². The Kier molecular flexibility index (Phi) is 2.09. The highest BCUT2D eigenvalue weighted by Crippen LogP contribution is 2.27. The molecular weight excluding hydrogens is 156 g/mol. The summed E-state index contributed by atoms with van der Waals surface area (Å²) in [7, 11) is 0. The Hall–Kier alpha value is -0.705. The van der Waals surface area contributed by atoms with E-state index in [1.807, 2.05) is 0 Å². The van der Waals surface area contributed by atoms with Gasteiger partial charge in [-0.3, -0.25) is 0 Å². The van der Waals surface area contributed by atoms with Crippen LogP contribution in [0.2, 0.25) is 0 Å². The third-order valence-electron chi connectivity index (χ3n) is 1.35. The summed E-state index contributed by atoms with van der Waals surface area (Å²) in [6, 6.07) is 0. The van der Waals surface area contributed by atoms with Gasteiger partial charge in [-0.1, -0.05) is 12.2 Å². The fraction of sp³-hybridized carbons (Fsp3) is 0.167. The van der Waals surface area contributed by atoms with Crippen LogP contribution in [0, 0.1) is 5.82 Å². The van der Waals surface area contributed by atoms with Crippen molar-refractivity contribution < 1.29 is 18.1 Å². The van der Waals surface area contributed by atoms with Crippen molar-refractivity contribution in [3.05, 3.63) is 30.1 Å². The van der Waals surface area contributed by atoms with Gasteiger partial charge in [0, 0.05) is 0 Å². The molecule has 0 fully saturated rings. The summed E-state index contributed by atoms with van der Waals surface area (Å²) in [5.41, 5.74) is 0. The molecular formula is C6H6BF3O-. The molecule has 1 rings (SSSR count). The van der Waals surface area contributed by atoms with Gasteiger partial charge in [-0.15, -0.1) is 12.2 Å². The summed E-state index contributed by atoms with van der Waals surface area (Å²) in [6.07, 6.45) is 3.11. The lowest BCUT2D eigenvalue weighted by atomic mass is 9.71. The minimum Gasteiger partial charge on any atom is -0.448 e. The Morgan fingerprint density at radius 1 is 1.18 bits per heavy atom. The van der Waals surface area contributed by atoms with Gasteiger partial charge in [-0.05, 0) is 5.82 Å². The van der Waals surface area contributed by atoms with E-state index in [4.69, 9.17) is 5.11 Å². The number of hydrogen-bond donors (Lipinski definition) is 1. The minimum absolute atomic E-state index is 0.671. The Labute approximate surface area is 62.3 Å². The summed E-state index contributed by atoms with van der Waals surface area (Å²) in [4.78, 5) is 0. The van der Waals surface area contributed by atoms with Crippen molar-refractivity contribution >= 4 is 6.98 Å². The number of allylic oxidation sites excluding steroid dienone is 2. The summed E-state index contributed by atoms with van der Waals surface area (Å²) >= 11 is 0. The first-order valence-corrected chi connectivity index (χ1v) is 3.11. The van der Waals surface area contributed by atoms with Crippen molar-refractivity contribution in [2.45, 2.75) is 6.10 Å². The van der Waals surface area contributed by atoms with Crippen LogP contribution >= 0.6 is 0 Å². The van der Waals surface area contributed by atoms with Crippen LogP contribution in [0.5, 0.6) is 0 Å². The van der Waals surface area contributed by atoms with Crippen LogP contribution in [-0.2, 0) is 0 Å². The summed E-state index contributed by atoms with van der Waals surface area (Å²) in [5.74, 6) is -0.671. The van der Waals surface area contributed by atoms with Crippen LogP contribution in [0.15, 0.2) is 24.3 Å². The average Bonchev–Trinajstić information content (AvgIpc) is 1.86. The molecule has 5 heteroatoms. The highest BCUT2D eigenvalue weighted by atomic mass is 19.4. The van der Waals surface area contributed by atoms with E-state index in [0.29, 0.717) is 0 Å². The molecule has 1 nitrogen and oxygen atoms in total. The van der Waals surface area contributed by atoms with Crippen molar-refractivity contribution in [1.82, 2.24) is 0 Å². The highest BCUT2D eigenvalue weighted by Gasteiger charge is 2.32. The SMILES string of the molecule is OC1C=C[C]([B-](F)(F)F)C=C1. The summed E-state index contributed by atoms with van der Waals surface area (Å²) in [6.45, 7) is -4.92. The molecule has 0 atom stereocenters. The maximum atomic E-state index is 11.9. The zero-order valence-electron chi connectivity index (χ0n) is 5.55. The largest absolute Gasteiger partial charge is 0.490 e. The van der Waals surface area contributed by atoms with Crippen LogP contribution in [0.1, 0.15) is 0 Å². The van der Waals surface area contributed by atoms with Crippen molar-refractivity contribution in [2.75, 3.05) is 0 Å². The Morgan fingerprint density at radius 2 is 1.64 bits per heavy atom. The number of hydrogen-bond acceptors (Lipinski definition) is 1. The first kappa shape index (κ1) is 8.39. The molecule has 1 aliphatic rings.